The van der Waals surface area contributed by atoms with Crippen molar-refractivity contribution in [2.45, 2.75) is 70.1 Å². The van der Waals surface area contributed by atoms with E-state index in [0.717, 1.165) is 37.0 Å². The van der Waals surface area contributed by atoms with E-state index in [9.17, 15) is 19.5 Å². The highest BCUT2D eigenvalue weighted by molar-refractivity contribution is 8.00. The number of para-hydroxylation sites is 1. The van der Waals surface area contributed by atoms with Crippen molar-refractivity contribution >= 4 is 35.7 Å². The lowest BCUT2D eigenvalue weighted by Crippen LogP contribution is -2.41. The fourth-order valence-electron chi connectivity index (χ4n) is 4.11. The predicted molar refractivity (Wildman–Crippen MR) is 163 cm³/mol. The fraction of sp³-hybridized carbons (Fsp3) is 0.469. The van der Waals surface area contributed by atoms with Crippen LogP contribution in [0.15, 0.2) is 60.7 Å². The van der Waals surface area contributed by atoms with Gasteiger partial charge in [-0.2, -0.15) is 11.8 Å². The maximum absolute atomic E-state index is 12.5. The molecule has 2 unspecified atom stereocenters. The first-order chi connectivity index (χ1) is 19.6. The second-order valence-electron chi connectivity index (χ2n) is 10.6. The second-order valence-corrected chi connectivity index (χ2v) is 11.8. The van der Waals surface area contributed by atoms with Gasteiger partial charge in [-0.15, -0.1) is 0 Å². The van der Waals surface area contributed by atoms with Gasteiger partial charge in [0.15, 0.2) is 0 Å². The third-order valence-electron chi connectivity index (χ3n) is 6.54. The number of nitrogens with one attached hydrogen (secondary N) is 1. The molecule has 0 saturated heterocycles. The summed E-state index contributed by atoms with van der Waals surface area (Å²) >= 11 is 1.40. The van der Waals surface area contributed by atoms with Crippen molar-refractivity contribution in [1.82, 2.24) is 5.32 Å². The van der Waals surface area contributed by atoms with E-state index in [1.807, 2.05) is 60.7 Å². The largest absolute Gasteiger partial charge is 0.494 e. The summed E-state index contributed by atoms with van der Waals surface area (Å²) in [5, 5.41) is 30.8. The summed E-state index contributed by atoms with van der Waals surface area (Å²) in [6.45, 7) is 3.68. The van der Waals surface area contributed by atoms with Crippen LogP contribution in [-0.2, 0) is 20.8 Å². The van der Waals surface area contributed by atoms with E-state index >= 15 is 0 Å². The molecule has 0 aliphatic heterocycles. The molecule has 0 bridgehead atoms. The minimum atomic E-state index is -1.12. The third-order valence-corrected chi connectivity index (χ3v) is 8.29. The number of rotatable bonds is 20. The van der Waals surface area contributed by atoms with Gasteiger partial charge in [0, 0.05) is 17.4 Å². The zero-order valence-electron chi connectivity index (χ0n) is 24.0. The first-order valence-corrected chi connectivity index (χ1v) is 15.1. The maximum Gasteiger partial charge on any atom is 0.322 e. The fourth-order valence-corrected chi connectivity index (χ4v) is 5.40. The topological polar surface area (TPSA) is 133 Å². The number of thioether (sulfide) groups is 1. The Labute approximate surface area is 247 Å². The average Bonchev–Trinajstić information content (AvgIpc) is 2.94. The lowest BCUT2D eigenvalue weighted by atomic mass is 9.95. The number of hydrogen-bond donors (Lipinski definition) is 4. The predicted octanol–water partition coefficient (Wildman–Crippen LogP) is 5.44. The van der Waals surface area contributed by atoms with E-state index in [2.05, 4.69) is 11.4 Å². The van der Waals surface area contributed by atoms with Crippen LogP contribution in [0.25, 0.3) is 6.08 Å². The Kier molecular flexibility index (Phi) is 15.0. The molecule has 0 saturated carbocycles. The van der Waals surface area contributed by atoms with E-state index in [1.54, 1.807) is 13.8 Å². The van der Waals surface area contributed by atoms with Gasteiger partial charge in [0.05, 0.1) is 18.1 Å². The van der Waals surface area contributed by atoms with Crippen LogP contribution >= 0.6 is 11.8 Å². The molecule has 224 valence electrons. The van der Waals surface area contributed by atoms with Crippen LogP contribution in [0.5, 0.6) is 5.75 Å². The number of carbonyl (C=O) groups is 3. The normalized spacial score (nSPS) is 13.0. The van der Waals surface area contributed by atoms with Gasteiger partial charge in [-0.1, -0.05) is 68.5 Å². The van der Waals surface area contributed by atoms with Gasteiger partial charge < -0.3 is 25.4 Å². The number of aliphatic hydroxyl groups is 1. The van der Waals surface area contributed by atoms with Crippen LogP contribution in [0.1, 0.15) is 63.5 Å². The zero-order valence-corrected chi connectivity index (χ0v) is 24.8. The average molecular weight is 586 g/mol. The van der Waals surface area contributed by atoms with Gasteiger partial charge in [0.1, 0.15) is 12.3 Å². The van der Waals surface area contributed by atoms with Crippen LogP contribution in [0.4, 0.5) is 0 Å². The number of benzene rings is 2. The van der Waals surface area contributed by atoms with Crippen LogP contribution in [0, 0.1) is 5.41 Å². The van der Waals surface area contributed by atoms with Crippen molar-refractivity contribution in [3.63, 3.8) is 0 Å². The number of hydrogen-bond acceptors (Lipinski definition) is 6. The highest BCUT2D eigenvalue weighted by Gasteiger charge is 2.30. The van der Waals surface area contributed by atoms with Gasteiger partial charge >= 0.3 is 11.9 Å². The molecular formula is C32H43NO7S. The standard InChI is InChI=1S/C32H43NO7S/c1-32(2,31(39)33-22-30(37)38)23-41-28(27(34)17-11-18-29(35)36)20-19-25-14-9-8-13-24(25)12-5-4-10-21-40-26-15-6-3-7-16-26/h3,6-9,13-16,19-20,27-28,34H,4-5,10-12,17-18,21-23H2,1-2H3,(H,33,39)(H,35,36)(H,37,38). The van der Waals surface area contributed by atoms with E-state index < -0.39 is 30.0 Å². The molecule has 0 fully saturated rings. The van der Waals surface area contributed by atoms with Gasteiger partial charge in [0.2, 0.25) is 5.91 Å². The van der Waals surface area contributed by atoms with E-state index in [1.165, 1.54) is 17.3 Å². The van der Waals surface area contributed by atoms with Gasteiger partial charge in [-0.3, -0.25) is 14.4 Å². The monoisotopic (exact) mass is 585 g/mol. The van der Waals surface area contributed by atoms with Crippen molar-refractivity contribution in [1.29, 1.82) is 0 Å². The smallest absolute Gasteiger partial charge is 0.322 e. The van der Waals surface area contributed by atoms with Crippen LogP contribution in [0.3, 0.4) is 0 Å². The molecule has 2 rings (SSSR count). The Hall–Kier alpha value is -3.30. The minimum Gasteiger partial charge on any atom is -0.494 e. The molecule has 0 aliphatic rings. The summed E-state index contributed by atoms with van der Waals surface area (Å²) in [5.74, 6) is -1.18. The van der Waals surface area contributed by atoms with E-state index in [4.69, 9.17) is 14.9 Å². The number of ether oxygens (including phenoxy) is 1. The summed E-state index contributed by atoms with van der Waals surface area (Å²) < 4.78 is 5.78. The number of carboxylic acid groups (broad SMARTS) is 2. The van der Waals surface area contributed by atoms with E-state index in [0.29, 0.717) is 25.2 Å². The highest BCUT2D eigenvalue weighted by atomic mass is 32.2. The Balaban J connectivity index is 1.99. The van der Waals surface area contributed by atoms with Crippen LogP contribution < -0.4 is 10.1 Å². The molecule has 0 aromatic heterocycles. The number of aryl methyl sites for hydroxylation is 1. The summed E-state index contributed by atoms with van der Waals surface area (Å²) in [6.07, 6.45) is 7.65. The molecule has 0 heterocycles. The van der Waals surface area contributed by atoms with Crippen LogP contribution in [-0.4, -0.2) is 63.4 Å². The Morgan fingerprint density at radius 1 is 0.951 bits per heavy atom. The Morgan fingerprint density at radius 2 is 1.66 bits per heavy atom. The van der Waals surface area contributed by atoms with Crippen molar-refractivity contribution in [2.24, 2.45) is 5.41 Å². The maximum atomic E-state index is 12.5. The first kappa shape index (κ1) is 33.9. The molecule has 2 aromatic carbocycles. The summed E-state index contributed by atoms with van der Waals surface area (Å²) in [5.41, 5.74) is 1.38. The number of unbranched alkanes of at least 4 members (excludes halogenated alkanes) is 2. The minimum absolute atomic E-state index is 0.0273. The summed E-state index contributed by atoms with van der Waals surface area (Å²) in [6, 6.07) is 17.9. The second kappa shape index (κ2) is 18.2. The SMILES string of the molecule is CC(C)(CSC(C=Cc1ccccc1CCCCCOc1ccccc1)C(O)CCCC(=O)O)C(=O)NCC(=O)O. The zero-order chi connectivity index (χ0) is 30.1. The first-order valence-electron chi connectivity index (χ1n) is 14.0. The molecule has 41 heavy (non-hydrogen) atoms. The lowest BCUT2D eigenvalue weighted by Gasteiger charge is -2.27. The molecule has 2 atom stereocenters. The molecule has 0 aliphatic carbocycles. The molecule has 0 radical (unpaired) electrons. The highest BCUT2D eigenvalue weighted by Crippen LogP contribution is 2.29. The van der Waals surface area contributed by atoms with E-state index in [-0.39, 0.29) is 17.6 Å². The van der Waals surface area contributed by atoms with Crippen molar-refractivity contribution in [3.05, 3.63) is 71.8 Å². The summed E-state index contributed by atoms with van der Waals surface area (Å²) in [7, 11) is 0. The number of carboxylic acids is 2. The molecule has 0 spiro atoms. The molecule has 4 N–H and O–H groups in total. The van der Waals surface area contributed by atoms with Crippen molar-refractivity contribution in [2.75, 3.05) is 18.9 Å². The van der Waals surface area contributed by atoms with Crippen molar-refractivity contribution in [3.8, 4) is 5.75 Å². The molecular weight excluding hydrogens is 542 g/mol. The van der Waals surface area contributed by atoms with Gasteiger partial charge in [-0.25, -0.2) is 0 Å². The van der Waals surface area contributed by atoms with Crippen molar-refractivity contribution < 1.29 is 34.4 Å². The quantitative estimate of drug-likeness (QED) is 0.151. The van der Waals surface area contributed by atoms with Crippen LogP contribution in [0.2, 0.25) is 0 Å². The number of aliphatic carboxylic acids is 2. The van der Waals surface area contributed by atoms with Gasteiger partial charge in [-0.05, 0) is 61.8 Å². The Morgan fingerprint density at radius 3 is 2.37 bits per heavy atom. The number of aliphatic hydroxyl groups excluding tert-OH is 1. The molecule has 2 aromatic rings. The molecule has 1 amide bonds. The third kappa shape index (κ3) is 13.7. The molecule has 8 nitrogen and oxygen atoms in total. The number of carbonyl (C=O) groups excluding carboxylic acids is 1. The molecule has 9 heteroatoms. The summed E-state index contributed by atoms with van der Waals surface area (Å²) in [4.78, 5) is 34.3. The van der Waals surface area contributed by atoms with Gasteiger partial charge in [0.25, 0.3) is 0 Å². The number of amides is 1. The lowest BCUT2D eigenvalue weighted by molar-refractivity contribution is -0.139. The Bertz CT molecular complexity index is 1120.